The third kappa shape index (κ3) is 1.07. The second-order valence-electron chi connectivity index (χ2n) is 2.76. The van der Waals surface area contributed by atoms with Crippen molar-refractivity contribution in [3.8, 4) is 0 Å². The van der Waals surface area contributed by atoms with E-state index in [1.807, 2.05) is 0 Å². The van der Waals surface area contributed by atoms with Crippen molar-refractivity contribution in [1.29, 1.82) is 0 Å². The fourth-order valence-corrected chi connectivity index (χ4v) is 1.11. The maximum Gasteiger partial charge on any atom is 0.324 e. The number of amides is 3. The number of imide groups is 1. The number of hydrogen-bond acceptors (Lipinski definition) is 2. The number of hydrogen-bond donors (Lipinski definition) is 1. The molecule has 1 saturated heterocycles. The summed E-state index contributed by atoms with van der Waals surface area (Å²) < 4.78 is 0. The van der Waals surface area contributed by atoms with E-state index in [1.165, 1.54) is 7.05 Å². The Morgan fingerprint density at radius 2 is 2.18 bits per heavy atom. The van der Waals surface area contributed by atoms with Gasteiger partial charge >= 0.3 is 6.03 Å². The van der Waals surface area contributed by atoms with Crippen LogP contribution in [0.5, 0.6) is 0 Å². The zero-order valence-corrected chi connectivity index (χ0v) is 7.10. The summed E-state index contributed by atoms with van der Waals surface area (Å²) in [6.07, 6.45) is 0. The molecule has 1 N–H and O–H groups in total. The summed E-state index contributed by atoms with van der Waals surface area (Å²) in [6, 6.07) is -0.391. The molecule has 3 amide bonds. The lowest BCUT2D eigenvalue weighted by molar-refractivity contribution is -0.129. The van der Waals surface area contributed by atoms with Crippen LogP contribution in [0.25, 0.3) is 0 Å². The first-order chi connectivity index (χ1) is 5.01. The lowest BCUT2D eigenvalue weighted by Gasteiger charge is -2.16. The molecule has 0 aromatic carbocycles. The predicted molar refractivity (Wildman–Crippen MR) is 40.4 cm³/mol. The molecule has 0 saturated carbocycles. The Bertz CT molecular complexity index is 219. The lowest BCUT2D eigenvalue weighted by atomic mass is 10.1. The summed E-state index contributed by atoms with van der Waals surface area (Å²) in [5, 5.41) is 2.48. The minimum atomic E-state index is -0.909. The van der Waals surface area contributed by atoms with Gasteiger partial charge in [-0.3, -0.25) is 9.69 Å². The highest BCUT2D eigenvalue weighted by Gasteiger charge is 2.45. The highest BCUT2D eigenvalue weighted by molar-refractivity contribution is 6.22. The van der Waals surface area contributed by atoms with Gasteiger partial charge in [-0.25, -0.2) is 4.79 Å². The number of carbonyl (C=O) groups excluding carboxylic acids is 2. The molecule has 1 heterocycles. The molecular weight excluding hydrogens is 168 g/mol. The van der Waals surface area contributed by atoms with Gasteiger partial charge in [-0.2, -0.15) is 0 Å². The van der Waals surface area contributed by atoms with Gasteiger partial charge < -0.3 is 5.32 Å². The smallest absolute Gasteiger partial charge is 0.322 e. The number of nitrogens with zero attached hydrogens (tertiary/aromatic N) is 1. The first-order valence-corrected chi connectivity index (χ1v) is 3.71. The second-order valence-corrected chi connectivity index (χ2v) is 3.03. The Labute approximate surface area is 69.5 Å². The van der Waals surface area contributed by atoms with Crippen LogP contribution in [0, 0.1) is 0 Å². The van der Waals surface area contributed by atoms with Crippen molar-refractivity contribution in [2.24, 2.45) is 0 Å². The predicted octanol–water partition coefficient (Wildman–Crippen LogP) is 0.165. The first kappa shape index (κ1) is 8.33. The van der Waals surface area contributed by atoms with Gasteiger partial charge in [0.2, 0.25) is 0 Å². The van der Waals surface area contributed by atoms with Crippen molar-refractivity contribution in [3.05, 3.63) is 0 Å². The summed E-state index contributed by atoms with van der Waals surface area (Å²) in [5.41, 5.74) is -0.909. The van der Waals surface area contributed by atoms with Crippen molar-refractivity contribution >= 4 is 23.5 Å². The molecule has 11 heavy (non-hydrogen) atoms. The van der Waals surface area contributed by atoms with Gasteiger partial charge in [-0.1, -0.05) is 0 Å². The Morgan fingerprint density at radius 3 is 2.36 bits per heavy atom. The number of nitrogens with one attached hydrogen (secondary N) is 1. The summed E-state index contributed by atoms with van der Waals surface area (Å²) in [4.78, 5) is 23.2. The van der Waals surface area contributed by atoms with E-state index in [0.29, 0.717) is 0 Å². The van der Waals surface area contributed by atoms with Crippen LogP contribution in [-0.2, 0) is 4.79 Å². The van der Waals surface area contributed by atoms with Crippen molar-refractivity contribution in [3.63, 3.8) is 0 Å². The van der Waals surface area contributed by atoms with E-state index in [0.717, 1.165) is 4.90 Å². The van der Waals surface area contributed by atoms with E-state index in [4.69, 9.17) is 11.6 Å². The Kier molecular flexibility index (Phi) is 1.80. The zero-order chi connectivity index (χ0) is 8.65. The van der Waals surface area contributed by atoms with Gasteiger partial charge in [-0.15, -0.1) is 11.6 Å². The van der Waals surface area contributed by atoms with Gasteiger partial charge in [-0.05, 0) is 6.92 Å². The average Bonchev–Trinajstić information content (AvgIpc) is 2.17. The third-order valence-corrected chi connectivity index (χ3v) is 2.27. The molecule has 1 aliphatic heterocycles. The molecule has 0 aromatic rings. The molecule has 5 heteroatoms. The average molecular weight is 177 g/mol. The van der Waals surface area contributed by atoms with E-state index < -0.39 is 11.6 Å². The van der Waals surface area contributed by atoms with Crippen LogP contribution >= 0.6 is 11.6 Å². The largest absolute Gasteiger partial charge is 0.324 e. The summed E-state index contributed by atoms with van der Waals surface area (Å²) in [7, 11) is 1.43. The molecule has 1 rings (SSSR count). The SMILES string of the molecule is CN1C(=O)NC(C)(CCl)C1=O. The van der Waals surface area contributed by atoms with Crippen LogP contribution < -0.4 is 5.32 Å². The highest BCUT2D eigenvalue weighted by Crippen LogP contribution is 2.16. The quantitative estimate of drug-likeness (QED) is 0.457. The van der Waals surface area contributed by atoms with Crippen LogP contribution in [-0.4, -0.2) is 35.3 Å². The molecule has 0 spiro atoms. The second kappa shape index (κ2) is 2.37. The molecule has 4 nitrogen and oxygen atoms in total. The maximum atomic E-state index is 11.2. The molecule has 62 valence electrons. The normalized spacial score (nSPS) is 31.0. The van der Waals surface area contributed by atoms with E-state index in [1.54, 1.807) is 6.92 Å². The molecule has 1 unspecified atom stereocenters. The molecular formula is C6H9ClN2O2. The fraction of sp³-hybridized carbons (Fsp3) is 0.667. The molecule has 1 aliphatic rings. The van der Waals surface area contributed by atoms with E-state index in [9.17, 15) is 9.59 Å². The van der Waals surface area contributed by atoms with Gasteiger partial charge in [0, 0.05) is 7.05 Å². The third-order valence-electron chi connectivity index (χ3n) is 1.73. The number of urea groups is 1. The molecule has 1 atom stereocenters. The number of likely N-dealkylation sites (N-methyl/N-ethyl adjacent to an activating group) is 1. The molecule has 1 fully saturated rings. The highest BCUT2D eigenvalue weighted by atomic mass is 35.5. The van der Waals surface area contributed by atoms with Crippen LogP contribution in [0.2, 0.25) is 0 Å². The fourth-order valence-electron chi connectivity index (χ4n) is 0.926. The molecule has 0 aliphatic carbocycles. The summed E-state index contributed by atoms with van der Waals surface area (Å²) >= 11 is 5.51. The minimum absolute atomic E-state index is 0.0991. The maximum absolute atomic E-state index is 11.2. The number of halogens is 1. The van der Waals surface area contributed by atoms with Crippen molar-refractivity contribution in [2.45, 2.75) is 12.5 Å². The zero-order valence-electron chi connectivity index (χ0n) is 6.35. The summed E-state index contributed by atoms with van der Waals surface area (Å²) in [5.74, 6) is -0.181. The topological polar surface area (TPSA) is 49.4 Å². The number of rotatable bonds is 1. The lowest BCUT2D eigenvalue weighted by Crippen LogP contribution is -2.45. The molecule has 0 aromatic heterocycles. The van der Waals surface area contributed by atoms with Crippen LogP contribution in [0.3, 0.4) is 0 Å². The van der Waals surface area contributed by atoms with Crippen LogP contribution in [0.4, 0.5) is 4.79 Å². The Hall–Kier alpha value is -0.770. The van der Waals surface area contributed by atoms with Gasteiger partial charge in [0.05, 0.1) is 5.88 Å². The van der Waals surface area contributed by atoms with E-state index in [-0.39, 0.29) is 11.8 Å². The van der Waals surface area contributed by atoms with E-state index in [2.05, 4.69) is 5.32 Å². The Morgan fingerprint density at radius 1 is 1.64 bits per heavy atom. The monoisotopic (exact) mass is 176 g/mol. The molecule has 0 bridgehead atoms. The molecule has 0 radical (unpaired) electrons. The summed E-state index contributed by atoms with van der Waals surface area (Å²) in [6.45, 7) is 1.60. The van der Waals surface area contributed by atoms with Crippen LogP contribution in [0.1, 0.15) is 6.92 Å². The van der Waals surface area contributed by atoms with Gasteiger partial charge in [0.15, 0.2) is 0 Å². The van der Waals surface area contributed by atoms with E-state index >= 15 is 0 Å². The van der Waals surface area contributed by atoms with Gasteiger partial charge in [0.1, 0.15) is 5.54 Å². The van der Waals surface area contributed by atoms with Crippen molar-refractivity contribution in [2.75, 3.05) is 12.9 Å². The van der Waals surface area contributed by atoms with Gasteiger partial charge in [0.25, 0.3) is 5.91 Å². The van der Waals surface area contributed by atoms with Crippen LogP contribution in [0.15, 0.2) is 0 Å². The first-order valence-electron chi connectivity index (χ1n) is 3.17. The van der Waals surface area contributed by atoms with Crippen molar-refractivity contribution < 1.29 is 9.59 Å². The minimum Gasteiger partial charge on any atom is -0.322 e. The number of alkyl halides is 1. The van der Waals surface area contributed by atoms with Crippen molar-refractivity contribution in [1.82, 2.24) is 10.2 Å². The standard InChI is InChI=1S/C6H9ClN2O2/c1-6(3-7)4(10)9(2)5(11)8-6/h3H2,1-2H3,(H,8,11). The number of carbonyl (C=O) groups is 2. The Balaban J connectivity index is 2.91.